The third-order valence-electron chi connectivity index (χ3n) is 3.21. The Labute approximate surface area is 128 Å². The van der Waals surface area contributed by atoms with Crippen LogP contribution in [-0.4, -0.2) is 28.5 Å². The van der Waals surface area contributed by atoms with E-state index < -0.39 is 22.7 Å². The van der Waals surface area contributed by atoms with E-state index in [0.717, 1.165) is 0 Å². The van der Waals surface area contributed by atoms with Crippen LogP contribution in [0, 0.1) is 28.9 Å². The molecule has 1 aromatic carbocycles. The second-order valence-corrected chi connectivity index (χ2v) is 5.65. The normalized spacial score (nSPS) is 12.0. The van der Waals surface area contributed by atoms with E-state index in [1.807, 2.05) is 13.8 Å². The number of nitrogens with zero attached hydrogens (tertiary/aromatic N) is 1. The molecule has 0 heterocycles. The van der Waals surface area contributed by atoms with E-state index in [1.54, 1.807) is 13.0 Å². The van der Waals surface area contributed by atoms with Crippen molar-refractivity contribution in [2.75, 3.05) is 6.54 Å². The molecular formula is C15H20N2O5. The molecule has 0 aliphatic carbocycles. The minimum atomic E-state index is -0.993. The Morgan fingerprint density at radius 3 is 2.50 bits per heavy atom. The molecule has 1 atom stereocenters. The maximum Gasteiger partial charge on any atom is 0.308 e. The highest BCUT2D eigenvalue weighted by molar-refractivity contribution is 5.98. The highest BCUT2D eigenvalue weighted by Gasteiger charge is 2.23. The van der Waals surface area contributed by atoms with E-state index in [4.69, 9.17) is 5.11 Å². The van der Waals surface area contributed by atoms with Gasteiger partial charge in [0.15, 0.2) is 0 Å². The van der Waals surface area contributed by atoms with Crippen molar-refractivity contribution in [1.82, 2.24) is 5.32 Å². The quantitative estimate of drug-likeness (QED) is 0.593. The Morgan fingerprint density at radius 1 is 1.36 bits per heavy atom. The first-order valence-corrected chi connectivity index (χ1v) is 6.98. The van der Waals surface area contributed by atoms with Gasteiger partial charge in [-0.2, -0.15) is 0 Å². The lowest BCUT2D eigenvalue weighted by Gasteiger charge is -2.15. The summed E-state index contributed by atoms with van der Waals surface area (Å²) >= 11 is 0. The van der Waals surface area contributed by atoms with Crippen LogP contribution in [-0.2, 0) is 4.79 Å². The van der Waals surface area contributed by atoms with Crippen LogP contribution >= 0.6 is 0 Å². The summed E-state index contributed by atoms with van der Waals surface area (Å²) in [7, 11) is 0. The Morgan fingerprint density at radius 2 is 2.00 bits per heavy atom. The predicted molar refractivity (Wildman–Crippen MR) is 80.7 cm³/mol. The third-order valence-corrected chi connectivity index (χ3v) is 3.21. The molecule has 0 saturated heterocycles. The van der Waals surface area contributed by atoms with E-state index in [-0.39, 0.29) is 23.7 Å². The third kappa shape index (κ3) is 4.83. The van der Waals surface area contributed by atoms with Crippen LogP contribution in [0.5, 0.6) is 0 Å². The molecule has 2 N–H and O–H groups in total. The minimum Gasteiger partial charge on any atom is -0.481 e. The average Bonchev–Trinajstić information content (AvgIpc) is 2.41. The van der Waals surface area contributed by atoms with Gasteiger partial charge in [0.2, 0.25) is 0 Å². The molecule has 1 amide bonds. The van der Waals surface area contributed by atoms with Gasteiger partial charge in [0.1, 0.15) is 5.56 Å². The number of nitro benzene ring substituents is 1. The molecule has 0 radical (unpaired) electrons. The number of carbonyl (C=O) groups is 2. The number of carboxylic acid groups (broad SMARTS) is 1. The van der Waals surface area contributed by atoms with Crippen molar-refractivity contribution in [3.05, 3.63) is 39.4 Å². The maximum absolute atomic E-state index is 12.1. The number of hydrogen-bond donors (Lipinski definition) is 2. The number of nitro groups is 1. The summed E-state index contributed by atoms with van der Waals surface area (Å²) in [4.78, 5) is 33.6. The highest BCUT2D eigenvalue weighted by Crippen LogP contribution is 2.20. The first-order valence-electron chi connectivity index (χ1n) is 6.98. The van der Waals surface area contributed by atoms with E-state index in [2.05, 4.69) is 5.32 Å². The molecule has 7 nitrogen and oxygen atoms in total. The van der Waals surface area contributed by atoms with Crippen molar-refractivity contribution in [1.29, 1.82) is 0 Å². The Balaban J connectivity index is 2.87. The van der Waals surface area contributed by atoms with Gasteiger partial charge in [-0.1, -0.05) is 19.9 Å². The predicted octanol–water partition coefficient (Wildman–Crippen LogP) is 2.38. The average molecular weight is 308 g/mol. The first-order chi connectivity index (χ1) is 10.2. The summed E-state index contributed by atoms with van der Waals surface area (Å²) in [6, 6.07) is 4.24. The van der Waals surface area contributed by atoms with Crippen LogP contribution in [0.3, 0.4) is 0 Å². The number of carbonyl (C=O) groups excluding carboxylic acids is 1. The summed E-state index contributed by atoms with van der Waals surface area (Å²) < 4.78 is 0. The molecule has 7 heteroatoms. The smallest absolute Gasteiger partial charge is 0.308 e. The number of benzene rings is 1. The zero-order chi connectivity index (χ0) is 16.9. The van der Waals surface area contributed by atoms with Crippen molar-refractivity contribution >= 4 is 17.6 Å². The SMILES string of the molecule is Cc1ccc([N+](=O)[O-])c(C(=O)NCC(CC(C)C)C(=O)O)c1. The number of hydrogen-bond acceptors (Lipinski definition) is 4. The zero-order valence-electron chi connectivity index (χ0n) is 12.8. The molecule has 1 unspecified atom stereocenters. The van der Waals surface area contributed by atoms with E-state index >= 15 is 0 Å². The summed E-state index contributed by atoms with van der Waals surface area (Å²) in [5.41, 5.74) is 0.366. The number of rotatable bonds is 7. The van der Waals surface area contributed by atoms with Gasteiger partial charge in [-0.05, 0) is 30.9 Å². The van der Waals surface area contributed by atoms with E-state index in [1.165, 1.54) is 12.1 Å². The number of nitrogens with one attached hydrogen (secondary N) is 1. The van der Waals surface area contributed by atoms with Crippen LogP contribution in [0.4, 0.5) is 5.69 Å². The monoisotopic (exact) mass is 308 g/mol. The number of carboxylic acids is 1. The second kappa shape index (κ2) is 7.53. The van der Waals surface area contributed by atoms with Crippen LogP contribution in [0.1, 0.15) is 36.2 Å². The molecule has 0 fully saturated rings. The fourth-order valence-corrected chi connectivity index (χ4v) is 2.14. The molecule has 0 aliphatic rings. The molecule has 0 bridgehead atoms. The summed E-state index contributed by atoms with van der Waals surface area (Å²) in [6.07, 6.45) is 0.422. The van der Waals surface area contributed by atoms with Gasteiger partial charge in [0, 0.05) is 12.6 Å². The molecule has 1 aromatic rings. The van der Waals surface area contributed by atoms with E-state index in [0.29, 0.717) is 12.0 Å². The van der Waals surface area contributed by atoms with Crippen molar-refractivity contribution in [3.8, 4) is 0 Å². The number of amides is 1. The van der Waals surface area contributed by atoms with Crippen molar-refractivity contribution in [2.45, 2.75) is 27.2 Å². The maximum atomic E-state index is 12.1. The molecule has 1 rings (SSSR count). The fourth-order valence-electron chi connectivity index (χ4n) is 2.14. The summed E-state index contributed by atoms with van der Waals surface area (Å²) in [6.45, 7) is 5.45. The first kappa shape index (κ1) is 17.6. The van der Waals surface area contributed by atoms with Crippen LogP contribution < -0.4 is 5.32 Å². The van der Waals surface area contributed by atoms with Gasteiger partial charge >= 0.3 is 5.97 Å². The molecule has 120 valence electrons. The van der Waals surface area contributed by atoms with Gasteiger partial charge < -0.3 is 10.4 Å². The number of aliphatic carboxylic acids is 1. The summed E-state index contributed by atoms with van der Waals surface area (Å²) in [5, 5.41) is 22.6. The van der Waals surface area contributed by atoms with Gasteiger partial charge in [-0.25, -0.2) is 0 Å². The molecule has 0 saturated carbocycles. The largest absolute Gasteiger partial charge is 0.481 e. The standard InChI is InChI=1S/C15H20N2O5/c1-9(2)6-11(15(19)20)8-16-14(18)12-7-10(3)4-5-13(12)17(21)22/h4-5,7,9,11H,6,8H2,1-3H3,(H,16,18)(H,19,20). The highest BCUT2D eigenvalue weighted by atomic mass is 16.6. The minimum absolute atomic E-state index is 0.0568. The Hall–Kier alpha value is -2.44. The number of aryl methyl sites for hydroxylation is 1. The molecule has 0 spiro atoms. The lowest BCUT2D eigenvalue weighted by Crippen LogP contribution is -2.34. The van der Waals surface area contributed by atoms with Crippen LogP contribution in [0.15, 0.2) is 18.2 Å². The Bertz CT molecular complexity index is 583. The molecule has 0 aromatic heterocycles. The second-order valence-electron chi connectivity index (χ2n) is 5.65. The van der Waals surface area contributed by atoms with Crippen molar-refractivity contribution in [3.63, 3.8) is 0 Å². The van der Waals surface area contributed by atoms with Crippen LogP contribution in [0.25, 0.3) is 0 Å². The molecule has 0 aliphatic heterocycles. The fraction of sp³-hybridized carbons (Fsp3) is 0.467. The summed E-state index contributed by atoms with van der Waals surface area (Å²) in [5.74, 6) is -2.17. The lowest BCUT2D eigenvalue weighted by molar-refractivity contribution is -0.385. The van der Waals surface area contributed by atoms with E-state index in [9.17, 15) is 19.7 Å². The molecular weight excluding hydrogens is 288 g/mol. The molecule has 22 heavy (non-hydrogen) atoms. The van der Waals surface area contributed by atoms with Crippen molar-refractivity contribution in [2.24, 2.45) is 11.8 Å². The van der Waals surface area contributed by atoms with Gasteiger partial charge in [-0.3, -0.25) is 19.7 Å². The zero-order valence-corrected chi connectivity index (χ0v) is 12.8. The van der Waals surface area contributed by atoms with Gasteiger partial charge in [-0.15, -0.1) is 0 Å². The van der Waals surface area contributed by atoms with Crippen LogP contribution in [0.2, 0.25) is 0 Å². The van der Waals surface area contributed by atoms with Crippen molar-refractivity contribution < 1.29 is 19.6 Å². The van der Waals surface area contributed by atoms with Gasteiger partial charge in [0.05, 0.1) is 10.8 Å². The lowest BCUT2D eigenvalue weighted by atomic mass is 9.97. The topological polar surface area (TPSA) is 110 Å². The van der Waals surface area contributed by atoms with Gasteiger partial charge in [0.25, 0.3) is 11.6 Å². The Kier molecular flexibility index (Phi) is 6.03.